The molecular weight excluding hydrogens is 246 g/mol. The van der Waals surface area contributed by atoms with Crippen molar-refractivity contribution < 1.29 is 4.79 Å². The summed E-state index contributed by atoms with van der Waals surface area (Å²) >= 11 is 4.22. The molecule has 106 valence electrons. The maximum Gasteiger partial charge on any atom is 0.239 e. The highest BCUT2D eigenvalue weighted by atomic mass is 32.1. The third kappa shape index (κ3) is 5.16. The summed E-state index contributed by atoms with van der Waals surface area (Å²) in [6.07, 6.45) is 4.44. The predicted molar refractivity (Wildman–Crippen MR) is 79.2 cm³/mol. The molecule has 1 heterocycles. The lowest BCUT2D eigenvalue weighted by Crippen LogP contribution is -2.45. The van der Waals surface area contributed by atoms with E-state index in [4.69, 9.17) is 0 Å². The monoisotopic (exact) mass is 273 g/mol. The molecule has 4 nitrogen and oxygen atoms in total. The first-order chi connectivity index (χ1) is 8.54. The molecule has 1 rings (SSSR count). The largest absolute Gasteiger partial charge is 0.347 e. The van der Waals surface area contributed by atoms with Crippen molar-refractivity contribution in [3.8, 4) is 0 Å². The SMILES string of the molecule is CN(CCCCS)CC1CCC(C(=O)N(C)C)N1. The van der Waals surface area contributed by atoms with Crippen molar-refractivity contribution in [1.82, 2.24) is 15.1 Å². The smallest absolute Gasteiger partial charge is 0.239 e. The van der Waals surface area contributed by atoms with Gasteiger partial charge in [0, 0.05) is 26.7 Å². The van der Waals surface area contributed by atoms with Crippen molar-refractivity contribution in [1.29, 1.82) is 0 Å². The Balaban J connectivity index is 2.23. The Morgan fingerprint density at radius 2 is 2.00 bits per heavy atom. The van der Waals surface area contributed by atoms with Gasteiger partial charge in [0.05, 0.1) is 6.04 Å². The summed E-state index contributed by atoms with van der Waals surface area (Å²) in [6, 6.07) is 0.482. The lowest BCUT2D eigenvalue weighted by Gasteiger charge is -2.22. The van der Waals surface area contributed by atoms with Gasteiger partial charge < -0.3 is 15.1 Å². The van der Waals surface area contributed by atoms with Crippen molar-refractivity contribution in [2.45, 2.75) is 37.8 Å². The first-order valence-electron chi connectivity index (χ1n) is 6.81. The van der Waals surface area contributed by atoms with Gasteiger partial charge in [-0.3, -0.25) is 4.79 Å². The Bertz CT molecular complexity index is 261. The van der Waals surface area contributed by atoms with Crippen LogP contribution in [0.3, 0.4) is 0 Å². The van der Waals surface area contributed by atoms with E-state index in [0.717, 1.165) is 31.7 Å². The molecule has 0 spiro atoms. The Morgan fingerprint density at radius 1 is 1.28 bits per heavy atom. The molecular formula is C13H27N3OS. The molecule has 2 unspecified atom stereocenters. The van der Waals surface area contributed by atoms with Gasteiger partial charge in [-0.25, -0.2) is 0 Å². The van der Waals surface area contributed by atoms with E-state index in [2.05, 4.69) is 29.9 Å². The van der Waals surface area contributed by atoms with Crippen molar-refractivity contribution in [2.24, 2.45) is 0 Å². The fourth-order valence-electron chi connectivity index (χ4n) is 2.43. The van der Waals surface area contributed by atoms with Gasteiger partial charge in [0.25, 0.3) is 0 Å². The van der Waals surface area contributed by atoms with E-state index in [1.807, 2.05) is 14.1 Å². The topological polar surface area (TPSA) is 35.6 Å². The van der Waals surface area contributed by atoms with Crippen LogP contribution < -0.4 is 5.32 Å². The Morgan fingerprint density at radius 3 is 2.61 bits per heavy atom. The van der Waals surface area contributed by atoms with Crippen molar-refractivity contribution in [3.63, 3.8) is 0 Å². The predicted octanol–water partition coefficient (Wildman–Crippen LogP) is 0.837. The molecule has 0 aromatic rings. The molecule has 0 bridgehead atoms. The van der Waals surface area contributed by atoms with E-state index in [0.29, 0.717) is 6.04 Å². The number of hydrogen-bond acceptors (Lipinski definition) is 4. The van der Waals surface area contributed by atoms with Gasteiger partial charge in [0.2, 0.25) is 5.91 Å². The number of rotatable bonds is 7. The highest BCUT2D eigenvalue weighted by molar-refractivity contribution is 7.80. The maximum atomic E-state index is 11.8. The lowest BCUT2D eigenvalue weighted by atomic mass is 10.1. The Kier molecular flexibility index (Phi) is 7.04. The van der Waals surface area contributed by atoms with Gasteiger partial charge >= 0.3 is 0 Å². The number of nitrogens with zero attached hydrogens (tertiary/aromatic N) is 2. The van der Waals surface area contributed by atoms with E-state index in [1.54, 1.807) is 4.90 Å². The minimum atomic E-state index is 0.0239. The van der Waals surface area contributed by atoms with Crippen LogP contribution in [0.2, 0.25) is 0 Å². The summed E-state index contributed by atoms with van der Waals surface area (Å²) in [5.74, 6) is 1.17. The van der Waals surface area contributed by atoms with Crippen LogP contribution in [0.15, 0.2) is 0 Å². The zero-order chi connectivity index (χ0) is 13.5. The molecule has 0 aromatic carbocycles. The standard InChI is InChI=1S/C13H27N3OS/c1-15(2)13(17)12-7-6-11(14-12)10-16(3)8-4-5-9-18/h11-12,14,18H,4-10H2,1-3H3. The number of nitrogens with one attached hydrogen (secondary N) is 1. The number of hydrogen-bond donors (Lipinski definition) is 2. The summed E-state index contributed by atoms with van der Waals surface area (Å²) in [6.45, 7) is 2.15. The van der Waals surface area contributed by atoms with Crippen LogP contribution in [-0.4, -0.2) is 67.8 Å². The number of unbranched alkanes of at least 4 members (excludes halogenated alkanes) is 1. The molecule has 1 saturated heterocycles. The van der Waals surface area contributed by atoms with Crippen LogP contribution >= 0.6 is 12.6 Å². The number of thiol groups is 1. The van der Waals surface area contributed by atoms with E-state index < -0.39 is 0 Å². The summed E-state index contributed by atoms with van der Waals surface area (Å²) < 4.78 is 0. The molecule has 0 aromatic heterocycles. The fourth-order valence-corrected chi connectivity index (χ4v) is 2.65. The van der Waals surface area contributed by atoms with Crippen LogP contribution in [0.4, 0.5) is 0 Å². The van der Waals surface area contributed by atoms with Crippen molar-refractivity contribution in [3.05, 3.63) is 0 Å². The molecule has 1 aliphatic rings. The van der Waals surface area contributed by atoms with Crippen LogP contribution in [0.25, 0.3) is 0 Å². The molecule has 0 radical (unpaired) electrons. The molecule has 2 atom stereocenters. The summed E-state index contributed by atoms with van der Waals surface area (Å²) in [4.78, 5) is 15.9. The average molecular weight is 273 g/mol. The van der Waals surface area contributed by atoms with E-state index in [1.165, 1.54) is 12.8 Å². The molecule has 1 N–H and O–H groups in total. The Labute approximate surface area is 116 Å². The van der Waals surface area contributed by atoms with Gasteiger partial charge in [0.15, 0.2) is 0 Å². The van der Waals surface area contributed by atoms with Crippen LogP contribution in [0.5, 0.6) is 0 Å². The number of carbonyl (C=O) groups is 1. The normalized spacial score (nSPS) is 23.6. The van der Waals surface area contributed by atoms with Gasteiger partial charge in [-0.05, 0) is 45.0 Å². The first-order valence-corrected chi connectivity index (χ1v) is 7.44. The molecule has 1 fully saturated rings. The third-order valence-electron chi connectivity index (χ3n) is 3.46. The summed E-state index contributed by atoms with van der Waals surface area (Å²) in [5, 5.41) is 3.45. The first kappa shape index (κ1) is 15.8. The molecule has 18 heavy (non-hydrogen) atoms. The second-order valence-corrected chi connectivity index (χ2v) is 5.87. The maximum absolute atomic E-state index is 11.8. The zero-order valence-electron chi connectivity index (χ0n) is 11.9. The van der Waals surface area contributed by atoms with E-state index >= 15 is 0 Å². The quantitative estimate of drug-likeness (QED) is 0.533. The highest BCUT2D eigenvalue weighted by Gasteiger charge is 2.30. The second kappa shape index (κ2) is 8.02. The van der Waals surface area contributed by atoms with Gasteiger partial charge in [-0.2, -0.15) is 12.6 Å². The van der Waals surface area contributed by atoms with Crippen molar-refractivity contribution >= 4 is 18.5 Å². The highest BCUT2D eigenvalue weighted by Crippen LogP contribution is 2.14. The summed E-state index contributed by atoms with van der Waals surface area (Å²) in [7, 11) is 5.79. The molecule has 0 saturated carbocycles. The van der Waals surface area contributed by atoms with Gasteiger partial charge in [0.1, 0.15) is 0 Å². The second-order valence-electron chi connectivity index (χ2n) is 5.42. The Hall–Kier alpha value is -0.260. The molecule has 1 aliphatic heterocycles. The number of carbonyl (C=O) groups excluding carboxylic acids is 1. The number of amides is 1. The minimum absolute atomic E-state index is 0.0239. The van der Waals surface area contributed by atoms with E-state index in [9.17, 15) is 4.79 Å². The third-order valence-corrected chi connectivity index (χ3v) is 3.78. The van der Waals surface area contributed by atoms with Gasteiger partial charge in [-0.15, -0.1) is 0 Å². The lowest BCUT2D eigenvalue weighted by molar-refractivity contribution is -0.130. The van der Waals surface area contributed by atoms with Crippen LogP contribution in [0.1, 0.15) is 25.7 Å². The van der Waals surface area contributed by atoms with Crippen LogP contribution in [-0.2, 0) is 4.79 Å². The molecule has 1 amide bonds. The molecule has 0 aliphatic carbocycles. The number of likely N-dealkylation sites (N-methyl/N-ethyl adjacent to an activating group) is 2. The minimum Gasteiger partial charge on any atom is -0.347 e. The van der Waals surface area contributed by atoms with Crippen LogP contribution in [0, 0.1) is 0 Å². The average Bonchev–Trinajstić information content (AvgIpc) is 2.76. The van der Waals surface area contributed by atoms with Crippen molar-refractivity contribution in [2.75, 3.05) is 40.0 Å². The molecule has 5 heteroatoms. The fraction of sp³-hybridized carbons (Fsp3) is 0.923. The summed E-state index contributed by atoms with van der Waals surface area (Å²) in [5.41, 5.74) is 0. The zero-order valence-corrected chi connectivity index (χ0v) is 12.7. The van der Waals surface area contributed by atoms with Gasteiger partial charge in [-0.1, -0.05) is 0 Å². The van der Waals surface area contributed by atoms with E-state index in [-0.39, 0.29) is 11.9 Å².